The normalized spacial score (nSPS) is 22.3. The molecule has 2 aliphatic heterocycles. The van der Waals surface area contributed by atoms with Gasteiger partial charge >= 0.3 is 13.2 Å². The lowest BCUT2D eigenvalue weighted by Crippen LogP contribution is -2.52. The van der Waals surface area contributed by atoms with Crippen LogP contribution in [-0.4, -0.2) is 76.0 Å². The Hall–Kier alpha value is -2.40. The molecule has 0 aromatic carbocycles. The summed E-state index contributed by atoms with van der Waals surface area (Å²) in [6, 6.07) is -0.643. The number of nitrogens with one attached hydrogen (secondary N) is 2. The molecular weight excluding hydrogens is 449 g/mol. The van der Waals surface area contributed by atoms with Crippen LogP contribution in [0.2, 0.25) is 0 Å². The predicted molar refractivity (Wildman–Crippen MR) is 134 cm³/mol. The number of carbonyl (C=O) groups excluding carboxylic acids is 2. The summed E-state index contributed by atoms with van der Waals surface area (Å²) in [4.78, 5) is 36.0. The van der Waals surface area contributed by atoms with Gasteiger partial charge in [0.15, 0.2) is 0 Å². The molecular formula is C24H40BN5O5. The van der Waals surface area contributed by atoms with Crippen molar-refractivity contribution >= 4 is 30.5 Å². The van der Waals surface area contributed by atoms with E-state index >= 15 is 0 Å². The molecule has 0 bridgehead atoms. The molecule has 2 atom stereocenters. The summed E-state index contributed by atoms with van der Waals surface area (Å²) in [5.74, 6) is 0.289. The van der Waals surface area contributed by atoms with E-state index < -0.39 is 36.1 Å². The molecule has 1 aromatic rings. The van der Waals surface area contributed by atoms with Crippen molar-refractivity contribution in [2.75, 3.05) is 18.4 Å². The van der Waals surface area contributed by atoms with E-state index in [1.54, 1.807) is 38.1 Å². The zero-order chi connectivity index (χ0) is 26.2. The lowest BCUT2D eigenvalue weighted by molar-refractivity contribution is -0.133. The van der Waals surface area contributed by atoms with Gasteiger partial charge < -0.3 is 29.6 Å². The summed E-state index contributed by atoms with van der Waals surface area (Å²) < 4.78 is 17.4. The number of carbonyl (C=O) groups is 2. The molecule has 0 radical (unpaired) electrons. The molecule has 3 heterocycles. The molecule has 35 heavy (non-hydrogen) atoms. The second kappa shape index (κ2) is 9.93. The zero-order valence-electron chi connectivity index (χ0n) is 22.5. The van der Waals surface area contributed by atoms with Crippen LogP contribution < -0.4 is 16.1 Å². The van der Waals surface area contributed by atoms with E-state index in [1.807, 2.05) is 41.5 Å². The standard InChI is InChI=1S/C24H40BN5O5/c1-15(2)18(29-21(32)33-22(3,4)5)19(31)30-11-10-17(14-30)28-20-26-12-16(13-27-20)25-34-23(6,7)24(8,9)35-25/h12-13,15,17-18H,10-11,14H2,1-9H3,(H,29,32)(H,26,27,28). The molecule has 0 spiro atoms. The number of nitrogens with zero attached hydrogens (tertiary/aromatic N) is 3. The van der Waals surface area contributed by atoms with Gasteiger partial charge in [-0.1, -0.05) is 13.8 Å². The van der Waals surface area contributed by atoms with Crippen molar-refractivity contribution in [3.05, 3.63) is 12.4 Å². The first-order valence-corrected chi connectivity index (χ1v) is 12.3. The number of alkyl carbamates (subject to hydrolysis) is 1. The maximum Gasteiger partial charge on any atom is 0.498 e. The third kappa shape index (κ3) is 6.64. The van der Waals surface area contributed by atoms with Crippen molar-refractivity contribution in [2.24, 2.45) is 5.92 Å². The smallest absolute Gasteiger partial charge is 0.444 e. The zero-order valence-corrected chi connectivity index (χ0v) is 22.5. The predicted octanol–water partition coefficient (Wildman–Crippen LogP) is 2.34. The van der Waals surface area contributed by atoms with Crippen molar-refractivity contribution < 1.29 is 23.6 Å². The topological polar surface area (TPSA) is 115 Å². The second-order valence-corrected chi connectivity index (χ2v) is 11.7. The Labute approximate surface area is 209 Å². The molecule has 194 valence electrons. The Bertz CT molecular complexity index is 900. The van der Waals surface area contributed by atoms with Crippen LogP contribution in [-0.2, 0) is 18.8 Å². The van der Waals surface area contributed by atoms with Crippen molar-refractivity contribution in [2.45, 2.75) is 97.6 Å². The fourth-order valence-corrected chi connectivity index (χ4v) is 3.92. The lowest BCUT2D eigenvalue weighted by atomic mass is 9.81. The molecule has 2 amide bonds. The van der Waals surface area contributed by atoms with E-state index in [9.17, 15) is 9.59 Å². The highest BCUT2D eigenvalue weighted by molar-refractivity contribution is 6.61. The summed E-state index contributed by atoms with van der Waals surface area (Å²) in [5.41, 5.74) is -0.735. The van der Waals surface area contributed by atoms with Crippen LogP contribution in [0.25, 0.3) is 0 Å². The van der Waals surface area contributed by atoms with Gasteiger partial charge in [0.2, 0.25) is 11.9 Å². The Balaban J connectivity index is 1.55. The minimum absolute atomic E-state index is 0.0102. The van der Waals surface area contributed by atoms with Crippen LogP contribution in [0.4, 0.5) is 10.7 Å². The molecule has 1 aromatic heterocycles. The minimum atomic E-state index is -0.654. The third-order valence-electron chi connectivity index (χ3n) is 6.64. The van der Waals surface area contributed by atoms with Crippen LogP contribution in [0, 0.1) is 5.92 Å². The van der Waals surface area contributed by atoms with Crippen LogP contribution in [0.1, 0.15) is 68.7 Å². The van der Waals surface area contributed by atoms with Gasteiger partial charge in [-0.15, -0.1) is 0 Å². The SMILES string of the molecule is CC(C)C(NC(=O)OC(C)(C)C)C(=O)N1CCC(Nc2ncc(B3OC(C)(C)C(C)(C)O3)cn2)C1. The number of likely N-dealkylation sites (tertiary alicyclic amines) is 1. The van der Waals surface area contributed by atoms with E-state index in [0.717, 1.165) is 11.9 Å². The third-order valence-corrected chi connectivity index (χ3v) is 6.64. The van der Waals surface area contributed by atoms with Crippen LogP contribution in [0.15, 0.2) is 12.4 Å². The molecule has 2 saturated heterocycles. The second-order valence-electron chi connectivity index (χ2n) is 11.7. The number of amides is 2. The van der Waals surface area contributed by atoms with Gasteiger partial charge in [-0.3, -0.25) is 4.79 Å². The van der Waals surface area contributed by atoms with Gasteiger partial charge in [-0.05, 0) is 60.8 Å². The molecule has 10 nitrogen and oxygen atoms in total. The summed E-state index contributed by atoms with van der Waals surface area (Å²) >= 11 is 0. The monoisotopic (exact) mass is 489 g/mol. The maximum absolute atomic E-state index is 13.2. The van der Waals surface area contributed by atoms with Crippen molar-refractivity contribution in [3.8, 4) is 0 Å². The van der Waals surface area contributed by atoms with Gasteiger partial charge in [0.1, 0.15) is 11.6 Å². The summed E-state index contributed by atoms with van der Waals surface area (Å²) in [5, 5.41) is 6.04. The van der Waals surface area contributed by atoms with Gasteiger partial charge in [-0.25, -0.2) is 14.8 Å². The van der Waals surface area contributed by atoms with Crippen molar-refractivity contribution in [3.63, 3.8) is 0 Å². The first-order chi connectivity index (χ1) is 16.1. The Morgan fingerprint density at radius 2 is 1.71 bits per heavy atom. The molecule has 2 aliphatic rings. The summed E-state index contributed by atoms with van der Waals surface area (Å²) in [6.07, 6.45) is 3.57. The minimum Gasteiger partial charge on any atom is -0.444 e. The van der Waals surface area contributed by atoms with E-state index in [1.165, 1.54) is 0 Å². The molecule has 0 aliphatic carbocycles. The first-order valence-electron chi connectivity index (χ1n) is 12.3. The van der Waals surface area contributed by atoms with E-state index in [-0.39, 0.29) is 17.9 Å². The number of hydrogen-bond acceptors (Lipinski definition) is 8. The number of rotatable bonds is 6. The molecule has 2 fully saturated rings. The molecule has 0 saturated carbocycles. The Morgan fingerprint density at radius 3 is 2.23 bits per heavy atom. The Kier molecular flexibility index (Phi) is 7.71. The number of anilines is 1. The molecule has 3 rings (SSSR count). The van der Waals surface area contributed by atoms with Gasteiger partial charge in [0.25, 0.3) is 0 Å². The van der Waals surface area contributed by atoms with E-state index in [2.05, 4.69) is 20.6 Å². The fourth-order valence-electron chi connectivity index (χ4n) is 3.92. The maximum atomic E-state index is 13.2. The number of ether oxygens (including phenoxy) is 1. The Morgan fingerprint density at radius 1 is 1.14 bits per heavy atom. The average molecular weight is 489 g/mol. The van der Waals surface area contributed by atoms with E-state index in [4.69, 9.17) is 14.0 Å². The quantitative estimate of drug-likeness (QED) is 0.586. The number of aromatic nitrogens is 2. The highest BCUT2D eigenvalue weighted by atomic mass is 16.7. The fraction of sp³-hybridized carbons (Fsp3) is 0.750. The lowest BCUT2D eigenvalue weighted by Gasteiger charge is -2.32. The average Bonchev–Trinajstić information content (AvgIpc) is 3.26. The first kappa shape index (κ1) is 27.2. The van der Waals surface area contributed by atoms with Gasteiger partial charge in [0.05, 0.1) is 11.2 Å². The number of hydrogen-bond donors (Lipinski definition) is 2. The summed E-state index contributed by atoms with van der Waals surface area (Å²) in [6.45, 7) is 18.3. The van der Waals surface area contributed by atoms with Gasteiger partial charge in [-0.2, -0.15) is 0 Å². The van der Waals surface area contributed by atoms with Crippen molar-refractivity contribution in [1.29, 1.82) is 0 Å². The summed E-state index contributed by atoms with van der Waals surface area (Å²) in [7, 11) is -0.515. The van der Waals surface area contributed by atoms with Crippen LogP contribution in [0.3, 0.4) is 0 Å². The molecule has 2 unspecified atom stereocenters. The molecule has 2 N–H and O–H groups in total. The highest BCUT2D eigenvalue weighted by Crippen LogP contribution is 2.36. The van der Waals surface area contributed by atoms with E-state index in [0.29, 0.717) is 19.0 Å². The highest BCUT2D eigenvalue weighted by Gasteiger charge is 2.52. The van der Waals surface area contributed by atoms with Gasteiger partial charge in [0, 0.05) is 37.0 Å². The van der Waals surface area contributed by atoms with Crippen molar-refractivity contribution in [1.82, 2.24) is 20.2 Å². The molecule has 11 heteroatoms. The van der Waals surface area contributed by atoms with Crippen LogP contribution >= 0.6 is 0 Å². The largest absolute Gasteiger partial charge is 0.498 e. The van der Waals surface area contributed by atoms with Crippen LogP contribution in [0.5, 0.6) is 0 Å².